The number of carbonyl (C=O) groups excluding carboxylic acids is 1. The number of nitrogens with zero attached hydrogens (tertiary/aromatic N) is 1. The summed E-state index contributed by atoms with van der Waals surface area (Å²) in [4.78, 5) is 12.2. The number of furan rings is 1. The Morgan fingerprint density at radius 2 is 1.93 bits per heavy atom. The third-order valence-corrected chi connectivity index (χ3v) is 4.49. The van der Waals surface area contributed by atoms with Crippen molar-refractivity contribution >= 4 is 34.7 Å². The van der Waals surface area contributed by atoms with Gasteiger partial charge in [0.1, 0.15) is 23.8 Å². The van der Waals surface area contributed by atoms with Gasteiger partial charge in [0.2, 0.25) is 0 Å². The van der Waals surface area contributed by atoms with E-state index in [0.29, 0.717) is 16.4 Å². The fourth-order valence-electron chi connectivity index (χ4n) is 2.79. The van der Waals surface area contributed by atoms with Gasteiger partial charge < -0.3 is 9.15 Å². The lowest BCUT2D eigenvalue weighted by atomic mass is 10.2. The van der Waals surface area contributed by atoms with Crippen molar-refractivity contribution in [2.24, 2.45) is 5.10 Å². The molecule has 0 atom stereocenters. The van der Waals surface area contributed by atoms with Gasteiger partial charge in [-0.2, -0.15) is 5.10 Å². The van der Waals surface area contributed by atoms with E-state index in [0.717, 1.165) is 16.5 Å². The smallest absolute Gasteiger partial charge is 0.307 e. The highest BCUT2D eigenvalue weighted by atomic mass is 35.5. The lowest BCUT2D eigenvalue weighted by molar-refractivity contribution is 0.0929. The van der Waals surface area contributed by atoms with Crippen LogP contribution < -0.4 is 10.2 Å². The topological polar surface area (TPSA) is 63.8 Å². The van der Waals surface area contributed by atoms with Crippen molar-refractivity contribution in [2.75, 3.05) is 0 Å². The molecule has 7 heteroatoms. The maximum absolute atomic E-state index is 13.2. The van der Waals surface area contributed by atoms with Crippen molar-refractivity contribution in [1.82, 2.24) is 5.43 Å². The van der Waals surface area contributed by atoms with Gasteiger partial charge in [-0.05, 0) is 71.8 Å². The second-order valence-corrected chi connectivity index (χ2v) is 6.92. The lowest BCUT2D eigenvalue weighted by Gasteiger charge is -2.06. The predicted octanol–water partition coefficient (Wildman–Crippen LogP) is 5.57. The van der Waals surface area contributed by atoms with Crippen LogP contribution in [-0.2, 0) is 6.61 Å². The first-order valence-electron chi connectivity index (χ1n) is 9.07. The number of rotatable bonds is 6. The Balaban J connectivity index is 1.32. The second-order valence-electron chi connectivity index (χ2n) is 6.48. The van der Waals surface area contributed by atoms with Crippen LogP contribution in [0.2, 0.25) is 5.02 Å². The van der Waals surface area contributed by atoms with Gasteiger partial charge in [0.15, 0.2) is 5.76 Å². The highest BCUT2D eigenvalue weighted by molar-refractivity contribution is 6.31. The van der Waals surface area contributed by atoms with Gasteiger partial charge in [-0.15, -0.1) is 0 Å². The van der Waals surface area contributed by atoms with E-state index in [9.17, 15) is 9.18 Å². The number of hydrogen-bond donors (Lipinski definition) is 1. The number of carbonyl (C=O) groups is 1. The molecule has 1 aromatic heterocycles. The Morgan fingerprint density at radius 1 is 1.10 bits per heavy atom. The molecule has 0 unspecified atom stereocenters. The van der Waals surface area contributed by atoms with Gasteiger partial charge in [-0.1, -0.05) is 23.7 Å². The quantitative estimate of drug-likeness (QED) is 0.326. The van der Waals surface area contributed by atoms with Gasteiger partial charge >= 0.3 is 5.91 Å². The largest absolute Gasteiger partial charge is 0.489 e. The Labute approximate surface area is 176 Å². The third kappa shape index (κ3) is 4.85. The van der Waals surface area contributed by atoms with Crippen molar-refractivity contribution in [3.8, 4) is 5.75 Å². The standard InChI is InChI=1S/C23H16ClFN2O3/c24-18-6-9-21-17(11-18)12-22(30-21)23(28)27-26-13-15-4-7-20(8-5-15)29-14-16-2-1-3-19(25)10-16/h1-13H,14H2,(H,27,28)/b26-13+. The van der Waals surface area contributed by atoms with E-state index < -0.39 is 5.91 Å². The molecular weight excluding hydrogens is 407 g/mol. The van der Waals surface area contributed by atoms with E-state index in [1.807, 2.05) is 0 Å². The molecule has 1 amide bonds. The molecule has 0 aliphatic heterocycles. The molecule has 30 heavy (non-hydrogen) atoms. The summed E-state index contributed by atoms with van der Waals surface area (Å²) < 4.78 is 24.3. The van der Waals surface area contributed by atoms with Crippen LogP contribution in [0.4, 0.5) is 4.39 Å². The number of nitrogens with one attached hydrogen (secondary N) is 1. The number of benzene rings is 3. The minimum atomic E-state index is -0.464. The van der Waals surface area contributed by atoms with Crippen molar-refractivity contribution in [2.45, 2.75) is 6.61 Å². The summed E-state index contributed by atoms with van der Waals surface area (Å²) in [6, 6.07) is 20.1. The zero-order valence-electron chi connectivity index (χ0n) is 15.6. The minimum Gasteiger partial charge on any atom is -0.489 e. The molecule has 1 N–H and O–H groups in total. The van der Waals surface area contributed by atoms with E-state index in [4.69, 9.17) is 20.8 Å². The number of amides is 1. The third-order valence-electron chi connectivity index (χ3n) is 4.26. The maximum atomic E-state index is 13.2. The van der Waals surface area contributed by atoms with Crippen LogP contribution in [0.25, 0.3) is 11.0 Å². The normalized spacial score (nSPS) is 11.1. The molecule has 0 fully saturated rings. The number of halogens is 2. The molecule has 1 heterocycles. The monoisotopic (exact) mass is 422 g/mol. The highest BCUT2D eigenvalue weighted by Gasteiger charge is 2.11. The minimum absolute atomic E-state index is 0.144. The molecule has 3 aromatic carbocycles. The summed E-state index contributed by atoms with van der Waals surface area (Å²) >= 11 is 5.94. The molecule has 4 aromatic rings. The maximum Gasteiger partial charge on any atom is 0.307 e. The molecule has 0 aliphatic carbocycles. The summed E-state index contributed by atoms with van der Waals surface area (Å²) in [5.41, 5.74) is 4.51. The summed E-state index contributed by atoms with van der Waals surface area (Å²) in [6.45, 7) is 0.268. The van der Waals surface area contributed by atoms with Crippen molar-refractivity contribution in [1.29, 1.82) is 0 Å². The first kappa shape index (κ1) is 19.7. The summed E-state index contributed by atoms with van der Waals surface area (Å²) in [5.74, 6) is 0.0247. The number of hydrazone groups is 1. The zero-order valence-corrected chi connectivity index (χ0v) is 16.4. The van der Waals surface area contributed by atoms with Crippen LogP contribution >= 0.6 is 11.6 Å². The van der Waals surface area contributed by atoms with Crippen LogP contribution in [-0.4, -0.2) is 12.1 Å². The number of hydrogen-bond acceptors (Lipinski definition) is 4. The van der Waals surface area contributed by atoms with Gasteiger partial charge in [0.25, 0.3) is 0 Å². The fourth-order valence-corrected chi connectivity index (χ4v) is 2.97. The Morgan fingerprint density at radius 3 is 2.73 bits per heavy atom. The zero-order chi connectivity index (χ0) is 20.9. The second kappa shape index (κ2) is 8.80. The van der Waals surface area contributed by atoms with E-state index in [1.54, 1.807) is 60.7 Å². The van der Waals surface area contributed by atoms with Crippen LogP contribution in [0, 0.1) is 5.82 Å². The molecule has 150 valence electrons. The Bertz CT molecular complexity index is 1220. The predicted molar refractivity (Wildman–Crippen MR) is 113 cm³/mol. The fraction of sp³-hybridized carbons (Fsp3) is 0.0435. The first-order chi connectivity index (χ1) is 14.6. The van der Waals surface area contributed by atoms with E-state index >= 15 is 0 Å². The van der Waals surface area contributed by atoms with Crippen LogP contribution in [0.1, 0.15) is 21.7 Å². The molecular formula is C23H16ClFN2O3. The van der Waals surface area contributed by atoms with E-state index in [2.05, 4.69) is 10.5 Å². The first-order valence-corrected chi connectivity index (χ1v) is 9.44. The van der Waals surface area contributed by atoms with Crippen molar-refractivity contribution < 1.29 is 18.3 Å². The van der Waals surface area contributed by atoms with Crippen LogP contribution in [0.5, 0.6) is 5.75 Å². The molecule has 5 nitrogen and oxygen atoms in total. The average Bonchev–Trinajstić information content (AvgIpc) is 3.16. The molecule has 0 radical (unpaired) electrons. The summed E-state index contributed by atoms with van der Waals surface area (Å²) in [5, 5.41) is 5.25. The van der Waals surface area contributed by atoms with Crippen LogP contribution in [0.3, 0.4) is 0 Å². The Kier molecular flexibility index (Phi) is 5.77. The highest BCUT2D eigenvalue weighted by Crippen LogP contribution is 2.23. The molecule has 4 rings (SSSR count). The van der Waals surface area contributed by atoms with Gasteiger partial charge in [0, 0.05) is 10.4 Å². The van der Waals surface area contributed by atoms with Crippen molar-refractivity contribution in [3.63, 3.8) is 0 Å². The molecule has 0 spiro atoms. The molecule has 0 saturated heterocycles. The van der Waals surface area contributed by atoms with Gasteiger partial charge in [0.05, 0.1) is 6.21 Å². The van der Waals surface area contributed by atoms with E-state index in [-0.39, 0.29) is 18.2 Å². The SMILES string of the molecule is O=C(N/N=C/c1ccc(OCc2cccc(F)c2)cc1)c1cc2cc(Cl)ccc2o1. The van der Waals surface area contributed by atoms with Crippen LogP contribution in [0.15, 0.2) is 82.3 Å². The number of fused-ring (bicyclic) bond motifs is 1. The molecule has 0 aliphatic rings. The molecule has 0 saturated carbocycles. The summed E-state index contributed by atoms with van der Waals surface area (Å²) in [7, 11) is 0. The molecule has 0 bridgehead atoms. The van der Waals surface area contributed by atoms with Gasteiger partial charge in [-0.3, -0.25) is 4.79 Å². The summed E-state index contributed by atoms with van der Waals surface area (Å²) in [6.07, 6.45) is 1.51. The van der Waals surface area contributed by atoms with Crippen molar-refractivity contribution in [3.05, 3.63) is 101 Å². The van der Waals surface area contributed by atoms with E-state index in [1.165, 1.54) is 18.3 Å². The van der Waals surface area contributed by atoms with Gasteiger partial charge in [-0.25, -0.2) is 9.82 Å². The lowest BCUT2D eigenvalue weighted by Crippen LogP contribution is -2.16. The number of ether oxygens (including phenoxy) is 1. The average molecular weight is 423 g/mol. The Hall–Kier alpha value is -3.64.